The van der Waals surface area contributed by atoms with Gasteiger partial charge in [-0.3, -0.25) is 4.79 Å². The van der Waals surface area contributed by atoms with Crippen LogP contribution >= 0.6 is 11.8 Å². The van der Waals surface area contributed by atoms with Gasteiger partial charge in [-0.05, 0) is 24.8 Å². The quantitative estimate of drug-likeness (QED) is 0.441. The fourth-order valence-corrected chi connectivity index (χ4v) is 2.52. The Morgan fingerprint density at radius 1 is 1.36 bits per heavy atom. The number of carbonyl (C=O) groups excluding carboxylic acids is 2. The second kappa shape index (κ2) is 9.08. The molecule has 0 aliphatic carbocycles. The van der Waals surface area contributed by atoms with Crippen molar-refractivity contribution < 1.29 is 18.7 Å². The lowest BCUT2D eigenvalue weighted by Crippen LogP contribution is -2.22. The highest BCUT2D eigenvalue weighted by molar-refractivity contribution is 7.98. The van der Waals surface area contributed by atoms with E-state index in [4.69, 9.17) is 9.15 Å². The summed E-state index contributed by atoms with van der Waals surface area (Å²) in [5.41, 5.74) is 0.810. The lowest BCUT2D eigenvalue weighted by atomic mass is 10.1. The largest absolute Gasteiger partial charge is 0.464 e. The number of oxazole rings is 1. The summed E-state index contributed by atoms with van der Waals surface area (Å²) in [5.74, 6) is -0.147. The summed E-state index contributed by atoms with van der Waals surface area (Å²) in [6.07, 6.45) is 4.60. The van der Waals surface area contributed by atoms with Crippen LogP contribution in [0.3, 0.4) is 0 Å². The molecule has 0 saturated carbocycles. The number of hydrogen-bond donors (Lipinski definition) is 1. The maximum absolute atomic E-state index is 12.0. The minimum absolute atomic E-state index is 0.0924. The van der Waals surface area contributed by atoms with Crippen LogP contribution in [0.15, 0.2) is 46.2 Å². The van der Waals surface area contributed by atoms with Gasteiger partial charge in [-0.15, -0.1) is 18.3 Å². The number of thioether (sulfide) groups is 1. The summed E-state index contributed by atoms with van der Waals surface area (Å²) in [6.45, 7) is 3.68. The molecule has 25 heavy (non-hydrogen) atoms. The zero-order valence-corrected chi connectivity index (χ0v) is 15.0. The van der Waals surface area contributed by atoms with Gasteiger partial charge in [-0.1, -0.05) is 18.2 Å². The van der Waals surface area contributed by atoms with Crippen molar-refractivity contribution in [1.29, 1.82) is 0 Å². The molecule has 0 spiro atoms. The number of nitrogens with one attached hydrogen (secondary N) is 1. The highest BCUT2D eigenvalue weighted by atomic mass is 32.2. The molecule has 0 radical (unpaired) electrons. The molecule has 132 valence electrons. The molecule has 0 fully saturated rings. The van der Waals surface area contributed by atoms with Gasteiger partial charge in [-0.2, -0.15) is 0 Å². The fourth-order valence-electron chi connectivity index (χ4n) is 2.11. The van der Waals surface area contributed by atoms with Gasteiger partial charge in [0, 0.05) is 16.9 Å². The molecule has 2 aromatic rings. The maximum atomic E-state index is 12.0. The number of aromatic nitrogens is 1. The van der Waals surface area contributed by atoms with Gasteiger partial charge >= 0.3 is 5.97 Å². The van der Waals surface area contributed by atoms with E-state index in [1.807, 2.05) is 30.5 Å². The van der Waals surface area contributed by atoms with Crippen molar-refractivity contribution in [2.75, 3.05) is 13.4 Å². The summed E-state index contributed by atoms with van der Waals surface area (Å²) in [6, 6.07) is 7.57. The predicted octanol–water partition coefficient (Wildman–Crippen LogP) is 3.43. The molecule has 1 amide bonds. The van der Waals surface area contributed by atoms with Gasteiger partial charge < -0.3 is 14.5 Å². The third kappa shape index (κ3) is 4.96. The van der Waals surface area contributed by atoms with E-state index in [0.29, 0.717) is 18.6 Å². The Hall–Kier alpha value is -2.54. The molecule has 0 atom stereocenters. The van der Waals surface area contributed by atoms with Crippen LogP contribution in [0.4, 0.5) is 0 Å². The van der Waals surface area contributed by atoms with E-state index in [1.165, 1.54) is 7.11 Å². The summed E-state index contributed by atoms with van der Waals surface area (Å²) in [5, 5.41) is 2.70. The molecule has 2 rings (SSSR count). The second-order valence-electron chi connectivity index (χ2n) is 5.11. The Bertz CT molecular complexity index is 753. The number of methoxy groups -OCH3 is 1. The molecule has 0 bridgehead atoms. The Kier molecular flexibility index (Phi) is 6.82. The second-order valence-corrected chi connectivity index (χ2v) is 5.99. The molecule has 0 unspecified atom stereocenters. The molecule has 1 aromatic heterocycles. The molecular formula is C18H20N2O4S. The number of benzene rings is 1. The van der Waals surface area contributed by atoms with Crippen LogP contribution < -0.4 is 5.32 Å². The maximum Gasteiger partial charge on any atom is 0.360 e. The van der Waals surface area contributed by atoms with Gasteiger partial charge in [0.25, 0.3) is 0 Å². The topological polar surface area (TPSA) is 81.4 Å². The summed E-state index contributed by atoms with van der Waals surface area (Å²) >= 11 is 1.62. The number of allylic oxidation sites excluding steroid dienone is 1. The number of hydrogen-bond acceptors (Lipinski definition) is 6. The van der Waals surface area contributed by atoms with Crippen LogP contribution in [-0.2, 0) is 16.1 Å². The van der Waals surface area contributed by atoms with Crippen LogP contribution in [-0.4, -0.2) is 30.2 Å². The molecule has 1 N–H and O–H groups in total. The molecular weight excluding hydrogens is 340 g/mol. The first-order valence-electron chi connectivity index (χ1n) is 7.69. The highest BCUT2D eigenvalue weighted by Crippen LogP contribution is 2.27. The number of rotatable bonds is 8. The van der Waals surface area contributed by atoms with E-state index < -0.39 is 5.97 Å². The monoisotopic (exact) mass is 360 g/mol. The Balaban J connectivity index is 2.22. The van der Waals surface area contributed by atoms with E-state index in [2.05, 4.69) is 16.9 Å². The van der Waals surface area contributed by atoms with Crippen molar-refractivity contribution in [1.82, 2.24) is 10.3 Å². The van der Waals surface area contributed by atoms with Crippen LogP contribution in [0.5, 0.6) is 0 Å². The summed E-state index contributed by atoms with van der Waals surface area (Å²) in [7, 11) is 1.29. The van der Waals surface area contributed by atoms with Crippen molar-refractivity contribution >= 4 is 23.6 Å². The average molecular weight is 360 g/mol. The fraction of sp³-hybridized carbons (Fsp3) is 0.278. The van der Waals surface area contributed by atoms with Gasteiger partial charge in [0.05, 0.1) is 13.7 Å². The van der Waals surface area contributed by atoms with E-state index in [9.17, 15) is 9.59 Å². The van der Waals surface area contributed by atoms with E-state index in [-0.39, 0.29) is 24.0 Å². The molecule has 7 heteroatoms. The first-order valence-corrected chi connectivity index (χ1v) is 8.91. The highest BCUT2D eigenvalue weighted by Gasteiger charge is 2.22. The van der Waals surface area contributed by atoms with E-state index in [1.54, 1.807) is 17.8 Å². The van der Waals surface area contributed by atoms with E-state index >= 15 is 0 Å². The van der Waals surface area contributed by atoms with Crippen LogP contribution in [0, 0.1) is 0 Å². The van der Waals surface area contributed by atoms with Crippen molar-refractivity contribution in [3.8, 4) is 11.3 Å². The third-order valence-corrected chi connectivity index (χ3v) is 4.16. The van der Waals surface area contributed by atoms with E-state index in [0.717, 1.165) is 10.5 Å². The molecule has 0 aliphatic rings. The molecule has 6 nitrogen and oxygen atoms in total. The summed E-state index contributed by atoms with van der Waals surface area (Å²) in [4.78, 5) is 28.9. The first-order chi connectivity index (χ1) is 12.1. The minimum Gasteiger partial charge on any atom is -0.464 e. The molecule has 0 aliphatic heterocycles. The Morgan fingerprint density at radius 3 is 2.68 bits per heavy atom. The number of ether oxygens (including phenoxy) is 1. The van der Waals surface area contributed by atoms with Gasteiger partial charge in [0.1, 0.15) is 0 Å². The number of nitrogens with zero attached hydrogens (tertiary/aromatic N) is 1. The smallest absolute Gasteiger partial charge is 0.360 e. The minimum atomic E-state index is -0.586. The molecule has 0 saturated heterocycles. The molecule has 1 aromatic carbocycles. The SMILES string of the molecule is C=CCCC(=O)NCc1nc(C(=O)OC)c(-c2ccc(SC)cc2)o1. The van der Waals surface area contributed by atoms with Gasteiger partial charge in [0.15, 0.2) is 11.5 Å². The Morgan fingerprint density at radius 2 is 2.08 bits per heavy atom. The predicted molar refractivity (Wildman–Crippen MR) is 96.3 cm³/mol. The van der Waals surface area contributed by atoms with Gasteiger partial charge in [0.2, 0.25) is 11.8 Å². The van der Waals surface area contributed by atoms with Crippen LogP contribution in [0.1, 0.15) is 29.2 Å². The first kappa shape index (κ1) is 18.8. The van der Waals surface area contributed by atoms with Crippen LogP contribution in [0.25, 0.3) is 11.3 Å². The van der Waals surface area contributed by atoms with Gasteiger partial charge in [-0.25, -0.2) is 9.78 Å². The standard InChI is InChI=1S/C18H20N2O4S/c1-4-5-6-14(21)19-11-15-20-16(18(22)23-2)17(24-15)12-7-9-13(25-3)10-8-12/h4,7-10H,1,5-6,11H2,2-3H3,(H,19,21). The normalized spacial score (nSPS) is 10.3. The number of carbonyl (C=O) groups is 2. The van der Waals surface area contributed by atoms with Crippen molar-refractivity contribution in [2.24, 2.45) is 0 Å². The lowest BCUT2D eigenvalue weighted by molar-refractivity contribution is -0.121. The lowest BCUT2D eigenvalue weighted by Gasteiger charge is -2.02. The zero-order chi connectivity index (χ0) is 18.2. The Labute approximate surface area is 150 Å². The molecule has 1 heterocycles. The van der Waals surface area contributed by atoms with Crippen molar-refractivity contribution in [2.45, 2.75) is 24.3 Å². The zero-order valence-electron chi connectivity index (χ0n) is 14.2. The van der Waals surface area contributed by atoms with Crippen LogP contribution in [0.2, 0.25) is 0 Å². The number of amides is 1. The van der Waals surface area contributed by atoms with Crippen molar-refractivity contribution in [3.05, 3.63) is 48.5 Å². The average Bonchev–Trinajstić information content (AvgIpc) is 3.08. The third-order valence-electron chi connectivity index (χ3n) is 3.41. The number of esters is 1. The van der Waals surface area contributed by atoms with Crippen molar-refractivity contribution in [3.63, 3.8) is 0 Å². The summed E-state index contributed by atoms with van der Waals surface area (Å²) < 4.78 is 10.5.